The lowest BCUT2D eigenvalue weighted by atomic mass is 10.1. The van der Waals surface area contributed by atoms with Crippen molar-refractivity contribution in [1.29, 1.82) is 5.26 Å². The van der Waals surface area contributed by atoms with Gasteiger partial charge >= 0.3 is 0 Å². The standard InChI is InChI=1S/C20H21FN8O/c1-11-13-7-12(21)5-6-16(13)29(4)27(2)10-15-18(17(8-22)28(3)26-15)14-9-24-19(23)20(25-14)30-11/h5-7,9,11H,10H2,1-4H3,(H2,23,24)/t11-/m1/s1. The van der Waals surface area contributed by atoms with Gasteiger partial charge in [0.15, 0.2) is 5.82 Å². The molecule has 2 N–H and O–H groups in total. The number of ether oxygens (including phenoxy) is 1. The van der Waals surface area contributed by atoms with Crippen LogP contribution in [0.25, 0.3) is 11.3 Å². The van der Waals surface area contributed by atoms with Crippen molar-refractivity contribution >= 4 is 11.5 Å². The van der Waals surface area contributed by atoms with Crippen LogP contribution in [0.1, 0.15) is 30.0 Å². The number of nitrogen functional groups attached to an aromatic ring is 1. The van der Waals surface area contributed by atoms with E-state index in [0.29, 0.717) is 34.8 Å². The van der Waals surface area contributed by atoms with Crippen LogP contribution in [0.15, 0.2) is 24.4 Å². The zero-order valence-corrected chi connectivity index (χ0v) is 17.1. The van der Waals surface area contributed by atoms with Gasteiger partial charge in [-0.15, -0.1) is 0 Å². The van der Waals surface area contributed by atoms with Gasteiger partial charge in [0.25, 0.3) is 5.88 Å². The van der Waals surface area contributed by atoms with Gasteiger partial charge in [-0.05, 0) is 25.1 Å². The maximum atomic E-state index is 14.0. The largest absolute Gasteiger partial charge is 0.467 e. The van der Waals surface area contributed by atoms with Crippen LogP contribution in [-0.4, -0.2) is 38.9 Å². The second kappa shape index (κ2) is 7.27. The lowest BCUT2D eigenvalue weighted by Crippen LogP contribution is -2.37. The minimum Gasteiger partial charge on any atom is -0.467 e. The molecule has 0 saturated carbocycles. The number of nitrogens with zero attached hydrogens (tertiary/aromatic N) is 7. The maximum absolute atomic E-state index is 14.0. The predicted molar refractivity (Wildman–Crippen MR) is 109 cm³/mol. The number of anilines is 2. The molecule has 2 bridgehead atoms. The van der Waals surface area contributed by atoms with Crippen LogP contribution in [0.4, 0.5) is 15.9 Å². The molecular formula is C20H21FN8O. The van der Waals surface area contributed by atoms with Crippen molar-refractivity contribution in [3.8, 4) is 23.2 Å². The summed E-state index contributed by atoms with van der Waals surface area (Å²) in [7, 11) is 5.46. The molecule has 0 radical (unpaired) electrons. The summed E-state index contributed by atoms with van der Waals surface area (Å²) in [5.74, 6) is -0.147. The Kier molecular flexibility index (Phi) is 4.75. The normalized spacial score (nSPS) is 16.5. The molecule has 2 aromatic heterocycles. The molecule has 3 heterocycles. The third-order valence-corrected chi connectivity index (χ3v) is 5.20. The molecule has 0 aliphatic carbocycles. The number of halogens is 1. The van der Waals surface area contributed by atoms with E-state index >= 15 is 0 Å². The number of fused-ring (bicyclic) bond motifs is 5. The highest BCUT2D eigenvalue weighted by atomic mass is 19.1. The minimum absolute atomic E-state index is 0.107. The third-order valence-electron chi connectivity index (χ3n) is 5.20. The smallest absolute Gasteiger partial charge is 0.258 e. The van der Waals surface area contributed by atoms with Crippen molar-refractivity contribution in [3.63, 3.8) is 0 Å². The molecule has 0 fully saturated rings. The monoisotopic (exact) mass is 408 g/mol. The zero-order valence-electron chi connectivity index (χ0n) is 17.1. The molecule has 0 spiro atoms. The fourth-order valence-corrected chi connectivity index (χ4v) is 3.56. The number of hydrazine groups is 1. The first-order valence-electron chi connectivity index (χ1n) is 9.30. The first-order chi connectivity index (χ1) is 14.3. The zero-order chi connectivity index (χ0) is 21.6. The lowest BCUT2D eigenvalue weighted by Gasteiger charge is -2.33. The highest BCUT2D eigenvalue weighted by Crippen LogP contribution is 2.35. The Morgan fingerprint density at radius 3 is 2.80 bits per heavy atom. The lowest BCUT2D eigenvalue weighted by molar-refractivity contribution is 0.216. The van der Waals surface area contributed by atoms with Crippen molar-refractivity contribution < 1.29 is 9.13 Å². The number of hydrogen-bond donors (Lipinski definition) is 1. The average Bonchev–Trinajstić information content (AvgIpc) is 3.03. The Bertz CT molecular complexity index is 1170. The van der Waals surface area contributed by atoms with E-state index in [1.807, 2.05) is 24.1 Å². The SMILES string of the molecule is C[C@H]1Oc2nc(cnc2N)-c2c(nn(C)c2C#N)CN(C)N(C)c2ccc(F)cc21. The van der Waals surface area contributed by atoms with Crippen molar-refractivity contribution in [2.45, 2.75) is 19.6 Å². The molecular weight excluding hydrogens is 387 g/mol. The third kappa shape index (κ3) is 3.19. The summed E-state index contributed by atoms with van der Waals surface area (Å²) < 4.78 is 21.6. The van der Waals surface area contributed by atoms with E-state index in [1.54, 1.807) is 20.0 Å². The highest BCUT2D eigenvalue weighted by molar-refractivity contribution is 5.69. The molecule has 4 rings (SSSR count). The molecule has 1 atom stereocenters. The maximum Gasteiger partial charge on any atom is 0.258 e. The summed E-state index contributed by atoms with van der Waals surface area (Å²) in [6.07, 6.45) is 0.943. The molecule has 10 heteroatoms. The number of aryl methyl sites for hydroxylation is 1. The Morgan fingerprint density at radius 1 is 1.30 bits per heavy atom. The van der Waals surface area contributed by atoms with E-state index in [1.165, 1.54) is 23.0 Å². The molecule has 0 saturated heterocycles. The Balaban J connectivity index is 1.97. The van der Waals surface area contributed by atoms with Gasteiger partial charge < -0.3 is 15.5 Å². The van der Waals surface area contributed by atoms with Crippen molar-refractivity contribution in [3.05, 3.63) is 47.2 Å². The number of hydrogen-bond acceptors (Lipinski definition) is 8. The van der Waals surface area contributed by atoms with Crippen molar-refractivity contribution in [1.82, 2.24) is 24.8 Å². The van der Waals surface area contributed by atoms with Crippen LogP contribution in [0, 0.1) is 17.1 Å². The fraction of sp³-hybridized carbons (Fsp3) is 0.300. The summed E-state index contributed by atoms with van der Waals surface area (Å²) in [6, 6.07) is 6.71. The molecule has 3 aromatic rings. The van der Waals surface area contributed by atoms with Crippen LogP contribution < -0.4 is 15.5 Å². The second-order valence-electron chi connectivity index (χ2n) is 7.15. The highest BCUT2D eigenvalue weighted by Gasteiger charge is 2.26. The summed E-state index contributed by atoms with van der Waals surface area (Å²) in [5.41, 5.74) is 9.40. The van der Waals surface area contributed by atoms with Gasteiger partial charge in [0.2, 0.25) is 0 Å². The van der Waals surface area contributed by atoms with Crippen molar-refractivity contribution in [2.24, 2.45) is 7.05 Å². The number of nitriles is 1. The number of rotatable bonds is 0. The van der Waals surface area contributed by atoms with Gasteiger partial charge in [-0.2, -0.15) is 10.4 Å². The van der Waals surface area contributed by atoms with Gasteiger partial charge in [-0.25, -0.2) is 19.4 Å². The Morgan fingerprint density at radius 2 is 2.07 bits per heavy atom. The van der Waals surface area contributed by atoms with E-state index in [-0.39, 0.29) is 17.5 Å². The molecule has 30 heavy (non-hydrogen) atoms. The molecule has 1 aliphatic rings. The summed E-state index contributed by atoms with van der Waals surface area (Å²) in [6.45, 7) is 2.18. The van der Waals surface area contributed by atoms with Gasteiger partial charge in [0, 0.05) is 26.7 Å². The molecule has 0 amide bonds. The summed E-state index contributed by atoms with van der Waals surface area (Å²) >= 11 is 0. The van der Waals surface area contributed by atoms with E-state index in [9.17, 15) is 9.65 Å². The molecule has 1 aliphatic heterocycles. The van der Waals surface area contributed by atoms with Crippen LogP contribution in [-0.2, 0) is 13.6 Å². The molecule has 0 unspecified atom stereocenters. The first kappa shape index (κ1) is 19.6. The summed E-state index contributed by atoms with van der Waals surface area (Å²) in [4.78, 5) is 8.72. The van der Waals surface area contributed by atoms with Crippen LogP contribution >= 0.6 is 0 Å². The quantitative estimate of drug-likeness (QED) is 0.604. The van der Waals surface area contributed by atoms with Crippen LogP contribution in [0.3, 0.4) is 0 Å². The van der Waals surface area contributed by atoms with E-state index in [4.69, 9.17) is 10.5 Å². The predicted octanol–water partition coefficient (Wildman–Crippen LogP) is 2.41. The van der Waals surface area contributed by atoms with Gasteiger partial charge in [0.05, 0.1) is 35.4 Å². The average molecular weight is 408 g/mol. The molecule has 154 valence electrons. The fourth-order valence-electron chi connectivity index (χ4n) is 3.56. The number of nitrogens with two attached hydrogens (primary N) is 1. The minimum atomic E-state index is -0.554. The van der Waals surface area contributed by atoms with E-state index in [0.717, 1.165) is 5.69 Å². The van der Waals surface area contributed by atoms with Gasteiger partial charge in [-0.3, -0.25) is 4.68 Å². The van der Waals surface area contributed by atoms with Crippen molar-refractivity contribution in [2.75, 3.05) is 24.8 Å². The van der Waals surface area contributed by atoms with Crippen LogP contribution in [0.2, 0.25) is 0 Å². The Hall–Kier alpha value is -3.71. The first-order valence-corrected chi connectivity index (χ1v) is 9.30. The summed E-state index contributed by atoms with van der Waals surface area (Å²) in [5, 5.41) is 18.0. The number of benzene rings is 1. The second-order valence-corrected chi connectivity index (χ2v) is 7.15. The van der Waals surface area contributed by atoms with E-state index < -0.39 is 6.10 Å². The molecule has 1 aromatic carbocycles. The van der Waals surface area contributed by atoms with Gasteiger partial charge in [0.1, 0.15) is 23.7 Å². The number of aromatic nitrogens is 4. The Labute approximate surface area is 173 Å². The van der Waals surface area contributed by atoms with E-state index in [2.05, 4.69) is 21.1 Å². The van der Waals surface area contributed by atoms with Gasteiger partial charge in [-0.1, -0.05) is 0 Å². The van der Waals surface area contributed by atoms with Crippen LogP contribution in [0.5, 0.6) is 5.88 Å². The molecule has 9 nitrogen and oxygen atoms in total. The topological polar surface area (TPSA) is 109 Å².